The number of hydrogen-bond donors (Lipinski definition) is 2. The Kier molecular flexibility index (Phi) is 5.95. The van der Waals surface area contributed by atoms with Crippen LogP contribution in [0, 0.1) is 11.8 Å². The topological polar surface area (TPSA) is 75.6 Å². The fourth-order valence-electron chi connectivity index (χ4n) is 2.44. The molecule has 0 fully saturated rings. The summed E-state index contributed by atoms with van der Waals surface area (Å²) in [5.74, 6) is -2.04. The van der Waals surface area contributed by atoms with Gasteiger partial charge >= 0.3 is 5.97 Å². The van der Waals surface area contributed by atoms with Crippen molar-refractivity contribution >= 4 is 17.6 Å². The third-order valence-corrected chi connectivity index (χ3v) is 3.99. The van der Waals surface area contributed by atoms with Crippen molar-refractivity contribution in [3.8, 4) is 5.75 Å². The number of benzene rings is 2. The van der Waals surface area contributed by atoms with E-state index in [4.69, 9.17) is 4.74 Å². The zero-order valence-electron chi connectivity index (χ0n) is 13.7. The van der Waals surface area contributed by atoms with Crippen LogP contribution in [0.5, 0.6) is 5.75 Å². The maximum Gasteiger partial charge on any atom is 0.307 e. The molecule has 2 atom stereocenters. The van der Waals surface area contributed by atoms with Gasteiger partial charge in [0.2, 0.25) is 5.91 Å². The number of hydrogen-bond acceptors (Lipinski definition) is 3. The first-order valence-electron chi connectivity index (χ1n) is 7.73. The molecule has 0 aliphatic rings. The number of rotatable bonds is 7. The first-order valence-corrected chi connectivity index (χ1v) is 7.73. The molecule has 0 bridgehead atoms. The number of carboxylic acid groups (broad SMARTS) is 1. The smallest absolute Gasteiger partial charge is 0.307 e. The van der Waals surface area contributed by atoms with E-state index in [0.717, 1.165) is 11.3 Å². The van der Waals surface area contributed by atoms with Gasteiger partial charge in [-0.3, -0.25) is 9.59 Å². The molecule has 0 saturated carbocycles. The molecule has 126 valence electrons. The minimum Gasteiger partial charge on any atom is -0.497 e. The fraction of sp³-hybridized carbons (Fsp3) is 0.263. The van der Waals surface area contributed by atoms with Crippen LogP contribution in [0.15, 0.2) is 54.6 Å². The Bertz CT molecular complexity index is 682. The molecule has 0 aliphatic heterocycles. The van der Waals surface area contributed by atoms with Gasteiger partial charge in [-0.1, -0.05) is 37.3 Å². The molecule has 2 N–H and O–H groups in total. The van der Waals surface area contributed by atoms with Crippen LogP contribution in [0.1, 0.15) is 12.5 Å². The van der Waals surface area contributed by atoms with Crippen LogP contribution < -0.4 is 10.1 Å². The third kappa shape index (κ3) is 4.59. The van der Waals surface area contributed by atoms with Gasteiger partial charge in [0.25, 0.3) is 0 Å². The molecule has 2 rings (SSSR count). The summed E-state index contributed by atoms with van der Waals surface area (Å²) in [7, 11) is 1.58. The van der Waals surface area contributed by atoms with Crippen molar-refractivity contribution in [1.82, 2.24) is 0 Å². The third-order valence-electron chi connectivity index (χ3n) is 3.99. The van der Waals surface area contributed by atoms with E-state index in [1.165, 1.54) is 0 Å². The number of carboxylic acids is 1. The zero-order chi connectivity index (χ0) is 17.5. The van der Waals surface area contributed by atoms with E-state index in [-0.39, 0.29) is 5.91 Å². The molecule has 0 unspecified atom stereocenters. The Morgan fingerprint density at radius 1 is 1.08 bits per heavy atom. The van der Waals surface area contributed by atoms with E-state index in [9.17, 15) is 14.7 Å². The highest BCUT2D eigenvalue weighted by molar-refractivity contribution is 5.95. The molecule has 0 aliphatic carbocycles. The standard InChI is InChI=1S/C19H21NO4/c1-13(19(22)23)17(12-14-8-10-16(24-2)11-9-14)18(21)20-15-6-4-3-5-7-15/h3-11,13,17H,12H2,1-2H3,(H,20,21)(H,22,23)/t13-,17-/m0/s1. The van der Waals surface area contributed by atoms with Gasteiger partial charge in [0, 0.05) is 5.69 Å². The number of carbonyl (C=O) groups excluding carboxylic acids is 1. The van der Waals surface area contributed by atoms with Crippen molar-refractivity contribution in [1.29, 1.82) is 0 Å². The van der Waals surface area contributed by atoms with Crippen LogP contribution >= 0.6 is 0 Å². The van der Waals surface area contributed by atoms with Crippen LogP contribution in [0.3, 0.4) is 0 Å². The van der Waals surface area contributed by atoms with Gasteiger partial charge in [-0.25, -0.2) is 0 Å². The highest BCUT2D eigenvalue weighted by atomic mass is 16.5. The van der Waals surface area contributed by atoms with Crippen LogP contribution in [0.2, 0.25) is 0 Å². The SMILES string of the molecule is COc1ccc(C[C@H](C(=O)Nc2ccccc2)[C@H](C)C(=O)O)cc1. The maximum absolute atomic E-state index is 12.6. The van der Waals surface area contributed by atoms with Gasteiger partial charge in [-0.15, -0.1) is 0 Å². The Morgan fingerprint density at radius 2 is 1.71 bits per heavy atom. The van der Waals surface area contributed by atoms with Crippen molar-refractivity contribution in [3.05, 3.63) is 60.2 Å². The van der Waals surface area contributed by atoms with Gasteiger partial charge in [0.05, 0.1) is 18.9 Å². The first-order chi connectivity index (χ1) is 11.5. The highest BCUT2D eigenvalue weighted by Crippen LogP contribution is 2.22. The van der Waals surface area contributed by atoms with E-state index in [2.05, 4.69) is 5.32 Å². The Balaban J connectivity index is 2.17. The molecule has 0 saturated heterocycles. The minimum absolute atomic E-state index is 0.299. The Morgan fingerprint density at radius 3 is 2.25 bits per heavy atom. The summed E-state index contributed by atoms with van der Waals surface area (Å²) in [5, 5.41) is 12.1. The van der Waals surface area contributed by atoms with Crippen molar-refractivity contribution in [2.24, 2.45) is 11.8 Å². The summed E-state index contributed by atoms with van der Waals surface area (Å²) < 4.78 is 5.11. The lowest BCUT2D eigenvalue weighted by atomic mass is 9.87. The maximum atomic E-state index is 12.6. The largest absolute Gasteiger partial charge is 0.497 e. The summed E-state index contributed by atoms with van der Waals surface area (Å²) in [6, 6.07) is 16.3. The van der Waals surface area contributed by atoms with Gasteiger partial charge < -0.3 is 15.2 Å². The predicted octanol–water partition coefficient (Wildman–Crippen LogP) is 3.21. The molecule has 0 radical (unpaired) electrons. The minimum atomic E-state index is -0.989. The van der Waals surface area contributed by atoms with E-state index in [0.29, 0.717) is 12.1 Å². The number of aliphatic carboxylic acids is 1. The predicted molar refractivity (Wildman–Crippen MR) is 92.1 cm³/mol. The normalized spacial score (nSPS) is 12.9. The van der Waals surface area contributed by atoms with Crippen molar-refractivity contribution in [2.45, 2.75) is 13.3 Å². The summed E-state index contributed by atoms with van der Waals surface area (Å²) in [5.41, 5.74) is 1.54. The number of anilines is 1. The van der Waals surface area contributed by atoms with Gasteiger partial charge in [-0.05, 0) is 36.2 Å². The molecule has 0 heterocycles. The second-order valence-corrected chi connectivity index (χ2v) is 5.64. The number of nitrogens with one attached hydrogen (secondary N) is 1. The zero-order valence-corrected chi connectivity index (χ0v) is 13.7. The summed E-state index contributed by atoms with van der Waals surface area (Å²) in [6.07, 6.45) is 0.343. The molecule has 2 aromatic rings. The van der Waals surface area contributed by atoms with Crippen molar-refractivity contribution in [2.75, 3.05) is 12.4 Å². The number of para-hydroxylation sites is 1. The monoisotopic (exact) mass is 327 g/mol. The Labute approximate surface area is 141 Å². The molecular formula is C19H21NO4. The second kappa shape index (κ2) is 8.15. The Hall–Kier alpha value is -2.82. The van der Waals surface area contributed by atoms with E-state index < -0.39 is 17.8 Å². The van der Waals surface area contributed by atoms with Gasteiger partial charge in [0.15, 0.2) is 0 Å². The van der Waals surface area contributed by atoms with Crippen LogP contribution in [-0.2, 0) is 16.0 Å². The van der Waals surface area contributed by atoms with Crippen molar-refractivity contribution in [3.63, 3.8) is 0 Å². The average molecular weight is 327 g/mol. The lowest BCUT2D eigenvalue weighted by Crippen LogP contribution is -2.33. The number of amides is 1. The van der Waals surface area contributed by atoms with E-state index in [1.54, 1.807) is 38.3 Å². The van der Waals surface area contributed by atoms with Crippen molar-refractivity contribution < 1.29 is 19.4 Å². The first kappa shape index (κ1) is 17.5. The molecule has 2 aromatic carbocycles. The lowest BCUT2D eigenvalue weighted by molar-refractivity contribution is -0.145. The van der Waals surface area contributed by atoms with E-state index in [1.807, 2.05) is 30.3 Å². The summed E-state index contributed by atoms with van der Waals surface area (Å²) >= 11 is 0. The number of carbonyl (C=O) groups is 2. The molecule has 0 spiro atoms. The van der Waals surface area contributed by atoms with Gasteiger partial charge in [0.1, 0.15) is 5.75 Å². The van der Waals surface area contributed by atoms with Crippen LogP contribution in [0.4, 0.5) is 5.69 Å². The summed E-state index contributed by atoms with van der Waals surface area (Å²) in [6.45, 7) is 1.56. The van der Waals surface area contributed by atoms with Crippen LogP contribution in [-0.4, -0.2) is 24.1 Å². The molecule has 0 aromatic heterocycles. The quantitative estimate of drug-likeness (QED) is 0.819. The lowest BCUT2D eigenvalue weighted by Gasteiger charge is -2.20. The van der Waals surface area contributed by atoms with Gasteiger partial charge in [-0.2, -0.15) is 0 Å². The van der Waals surface area contributed by atoms with E-state index >= 15 is 0 Å². The molecule has 1 amide bonds. The summed E-state index contributed by atoms with van der Waals surface area (Å²) in [4.78, 5) is 24.0. The molecule has 24 heavy (non-hydrogen) atoms. The second-order valence-electron chi connectivity index (χ2n) is 5.64. The average Bonchev–Trinajstić information content (AvgIpc) is 2.60. The molecular weight excluding hydrogens is 306 g/mol. The van der Waals surface area contributed by atoms with Crippen LogP contribution in [0.25, 0.3) is 0 Å². The number of methoxy groups -OCH3 is 1. The molecule has 5 nitrogen and oxygen atoms in total. The molecule has 5 heteroatoms. The fourth-order valence-corrected chi connectivity index (χ4v) is 2.44. The number of ether oxygens (including phenoxy) is 1. The highest BCUT2D eigenvalue weighted by Gasteiger charge is 2.30.